The van der Waals surface area contributed by atoms with Crippen molar-refractivity contribution < 1.29 is 23.2 Å². The molecule has 1 aliphatic heterocycles. The smallest absolute Gasteiger partial charge is 0.264 e. The van der Waals surface area contributed by atoms with Crippen LogP contribution in [0.2, 0.25) is 0 Å². The van der Waals surface area contributed by atoms with E-state index in [4.69, 9.17) is 4.74 Å². The van der Waals surface area contributed by atoms with Crippen LogP contribution < -0.4 is 13.9 Å². The fourth-order valence-corrected chi connectivity index (χ4v) is 5.28. The van der Waals surface area contributed by atoms with Gasteiger partial charge in [-0.1, -0.05) is 17.7 Å². The first kappa shape index (κ1) is 21.6. The molecule has 1 fully saturated rings. The van der Waals surface area contributed by atoms with E-state index < -0.39 is 16.1 Å². The van der Waals surface area contributed by atoms with E-state index >= 15 is 0 Å². The fourth-order valence-electron chi connectivity index (χ4n) is 3.77. The second kappa shape index (κ2) is 9.61. The third-order valence-corrected chi connectivity index (χ3v) is 7.24. The number of hydrogen-bond acceptors (Lipinski definition) is 4. The quantitative estimate of drug-likeness (QED) is 0.682. The summed E-state index contributed by atoms with van der Waals surface area (Å²) in [6.45, 7) is 4.56. The van der Waals surface area contributed by atoms with E-state index in [1.54, 1.807) is 55.6 Å². The molecule has 0 saturated carbocycles. The van der Waals surface area contributed by atoms with Gasteiger partial charge in [0.2, 0.25) is 0 Å². The third kappa shape index (κ3) is 5.50. The summed E-state index contributed by atoms with van der Waals surface area (Å²) >= 11 is 0. The number of likely N-dealkylation sites (tertiary alicyclic amines) is 1. The van der Waals surface area contributed by atoms with E-state index in [9.17, 15) is 13.5 Å². The summed E-state index contributed by atoms with van der Waals surface area (Å²) in [6, 6.07) is 13.7. The molecule has 1 atom stereocenters. The third-order valence-electron chi connectivity index (χ3n) is 5.43. The predicted molar refractivity (Wildman–Crippen MR) is 114 cm³/mol. The number of rotatable bonds is 8. The molecule has 3 rings (SSSR count). The minimum atomic E-state index is -3.80. The van der Waals surface area contributed by atoms with Gasteiger partial charge in [-0.05, 0) is 62.6 Å². The number of quaternary nitrogens is 1. The molecule has 0 aliphatic carbocycles. The van der Waals surface area contributed by atoms with Crippen molar-refractivity contribution >= 4 is 15.7 Å². The number of piperidine rings is 1. The number of aliphatic hydroxyl groups excluding tert-OH is 1. The fraction of sp³-hybridized carbons (Fsp3) is 0.455. The summed E-state index contributed by atoms with van der Waals surface area (Å²) in [7, 11) is -2.23. The molecular weight excluding hydrogens is 388 g/mol. The van der Waals surface area contributed by atoms with Gasteiger partial charge in [0.15, 0.2) is 0 Å². The lowest BCUT2D eigenvalue weighted by atomic mass is 10.1. The summed E-state index contributed by atoms with van der Waals surface area (Å²) in [5, 5.41) is 10.7. The lowest BCUT2D eigenvalue weighted by Crippen LogP contribution is -3.14. The maximum absolute atomic E-state index is 13.4. The molecule has 1 aliphatic rings. The van der Waals surface area contributed by atoms with E-state index in [-0.39, 0.29) is 11.4 Å². The predicted octanol–water partition coefficient (Wildman–Crippen LogP) is 1.63. The highest BCUT2D eigenvalue weighted by Gasteiger charge is 2.29. The molecule has 2 N–H and O–H groups in total. The van der Waals surface area contributed by atoms with Crippen LogP contribution >= 0.6 is 0 Å². The zero-order valence-corrected chi connectivity index (χ0v) is 18.0. The van der Waals surface area contributed by atoms with Crippen molar-refractivity contribution in [1.29, 1.82) is 0 Å². The van der Waals surface area contributed by atoms with Gasteiger partial charge in [0, 0.05) is 0 Å². The molecule has 0 unspecified atom stereocenters. The number of aliphatic hydroxyl groups is 1. The first-order valence-electron chi connectivity index (χ1n) is 10.2. The van der Waals surface area contributed by atoms with Crippen molar-refractivity contribution in [2.75, 3.05) is 37.6 Å². The molecule has 158 valence electrons. The van der Waals surface area contributed by atoms with Crippen LogP contribution in [0.25, 0.3) is 0 Å². The highest BCUT2D eigenvalue weighted by molar-refractivity contribution is 7.92. The first-order chi connectivity index (χ1) is 13.9. The molecule has 0 radical (unpaired) electrons. The maximum Gasteiger partial charge on any atom is 0.264 e. The van der Waals surface area contributed by atoms with Crippen LogP contribution in [0.1, 0.15) is 24.8 Å². The summed E-state index contributed by atoms with van der Waals surface area (Å²) in [4.78, 5) is 1.56. The topological polar surface area (TPSA) is 71.3 Å². The standard InChI is InChI=1S/C22H30N2O4S/c1-18-6-12-22(13-7-18)29(26,27)24(19-8-10-21(28-2)11-9-19)17-20(25)16-23-14-4-3-5-15-23/h6-13,20,25H,3-5,14-17H2,1-2H3/p+1/t20-/m1/s1. The average molecular weight is 420 g/mol. The molecule has 7 heteroatoms. The molecule has 1 saturated heterocycles. The second-order valence-electron chi connectivity index (χ2n) is 7.72. The van der Waals surface area contributed by atoms with E-state index in [1.165, 1.54) is 15.6 Å². The van der Waals surface area contributed by atoms with Gasteiger partial charge in [0.25, 0.3) is 10.0 Å². The molecule has 29 heavy (non-hydrogen) atoms. The molecule has 0 amide bonds. The van der Waals surface area contributed by atoms with Gasteiger partial charge in [-0.2, -0.15) is 0 Å². The van der Waals surface area contributed by atoms with Crippen molar-refractivity contribution in [2.45, 2.75) is 37.2 Å². The van der Waals surface area contributed by atoms with Gasteiger partial charge in [0.05, 0.1) is 37.3 Å². The van der Waals surface area contributed by atoms with Crippen molar-refractivity contribution in [2.24, 2.45) is 0 Å². The SMILES string of the molecule is COc1ccc(N(C[C@H](O)C[NH+]2CCCCC2)S(=O)(=O)c2ccc(C)cc2)cc1. The zero-order chi connectivity index (χ0) is 20.9. The summed E-state index contributed by atoms with van der Waals surface area (Å²) in [5.74, 6) is 0.653. The zero-order valence-electron chi connectivity index (χ0n) is 17.2. The van der Waals surface area contributed by atoms with Crippen LogP contribution in [0.4, 0.5) is 5.69 Å². The monoisotopic (exact) mass is 419 g/mol. The summed E-state index contributed by atoms with van der Waals surface area (Å²) < 4.78 is 33.3. The van der Waals surface area contributed by atoms with Crippen molar-refractivity contribution in [3.05, 3.63) is 54.1 Å². The summed E-state index contributed by atoms with van der Waals surface area (Å²) in [5.41, 5.74) is 1.51. The minimum absolute atomic E-state index is 0.0199. The van der Waals surface area contributed by atoms with E-state index in [1.807, 2.05) is 6.92 Å². The molecule has 1 heterocycles. The number of methoxy groups -OCH3 is 1. The van der Waals surface area contributed by atoms with Crippen LogP contribution in [-0.4, -0.2) is 52.9 Å². The minimum Gasteiger partial charge on any atom is -0.497 e. The Morgan fingerprint density at radius 2 is 1.66 bits per heavy atom. The Bertz CT molecular complexity index is 876. The Morgan fingerprint density at radius 1 is 1.03 bits per heavy atom. The van der Waals surface area contributed by atoms with Gasteiger partial charge < -0.3 is 14.7 Å². The van der Waals surface area contributed by atoms with Crippen LogP contribution in [0, 0.1) is 6.92 Å². The van der Waals surface area contributed by atoms with Gasteiger partial charge in [-0.15, -0.1) is 0 Å². The first-order valence-corrected chi connectivity index (χ1v) is 11.6. The Morgan fingerprint density at radius 3 is 2.24 bits per heavy atom. The number of aryl methyl sites for hydroxylation is 1. The number of anilines is 1. The number of nitrogens with zero attached hydrogens (tertiary/aromatic N) is 1. The van der Waals surface area contributed by atoms with Crippen molar-refractivity contribution in [3.8, 4) is 5.75 Å². The maximum atomic E-state index is 13.4. The molecule has 0 spiro atoms. The van der Waals surface area contributed by atoms with E-state index in [2.05, 4.69) is 0 Å². The number of benzene rings is 2. The second-order valence-corrected chi connectivity index (χ2v) is 9.58. The highest BCUT2D eigenvalue weighted by atomic mass is 32.2. The molecular formula is C22H31N2O4S+. The lowest BCUT2D eigenvalue weighted by molar-refractivity contribution is -0.907. The van der Waals surface area contributed by atoms with E-state index in [0.29, 0.717) is 18.0 Å². The van der Waals surface area contributed by atoms with Crippen LogP contribution in [-0.2, 0) is 10.0 Å². The molecule has 2 aromatic rings. The average Bonchev–Trinajstić information content (AvgIpc) is 2.73. The normalized spacial score (nSPS) is 16.4. The van der Waals surface area contributed by atoms with Gasteiger partial charge >= 0.3 is 0 Å². The van der Waals surface area contributed by atoms with Crippen molar-refractivity contribution in [3.63, 3.8) is 0 Å². The lowest BCUT2D eigenvalue weighted by Gasteiger charge is -2.30. The number of sulfonamides is 1. The Hall–Kier alpha value is -2.09. The molecule has 6 nitrogen and oxygen atoms in total. The van der Waals surface area contributed by atoms with Gasteiger partial charge in [0.1, 0.15) is 18.4 Å². The van der Waals surface area contributed by atoms with Gasteiger partial charge in [-0.25, -0.2) is 8.42 Å². The molecule has 0 aromatic heterocycles. The van der Waals surface area contributed by atoms with Crippen LogP contribution in [0.5, 0.6) is 5.75 Å². The number of hydrogen-bond donors (Lipinski definition) is 2. The number of ether oxygens (including phenoxy) is 1. The Labute approximate surface area is 173 Å². The van der Waals surface area contributed by atoms with Crippen LogP contribution in [0.15, 0.2) is 53.4 Å². The van der Waals surface area contributed by atoms with E-state index in [0.717, 1.165) is 31.5 Å². The molecule has 0 bridgehead atoms. The Balaban J connectivity index is 1.86. The highest BCUT2D eigenvalue weighted by Crippen LogP contribution is 2.26. The van der Waals surface area contributed by atoms with Crippen LogP contribution in [0.3, 0.4) is 0 Å². The van der Waals surface area contributed by atoms with Gasteiger partial charge in [-0.3, -0.25) is 4.31 Å². The number of nitrogens with one attached hydrogen (secondary N) is 1. The Kier molecular flexibility index (Phi) is 7.16. The van der Waals surface area contributed by atoms with Crippen molar-refractivity contribution in [1.82, 2.24) is 0 Å². The molecule has 2 aromatic carbocycles. The summed E-state index contributed by atoms with van der Waals surface area (Å²) in [6.07, 6.45) is 2.81. The largest absolute Gasteiger partial charge is 0.497 e.